The highest BCUT2D eigenvalue weighted by Crippen LogP contribution is 2.10. The summed E-state index contributed by atoms with van der Waals surface area (Å²) in [5, 5.41) is 3.60. The van der Waals surface area contributed by atoms with Crippen LogP contribution in [0.1, 0.15) is 12.8 Å². The maximum atomic E-state index is 5.35. The van der Waals surface area contributed by atoms with E-state index in [0.29, 0.717) is 6.04 Å². The van der Waals surface area contributed by atoms with Gasteiger partial charge in [-0.05, 0) is 25.0 Å². The van der Waals surface area contributed by atoms with Crippen molar-refractivity contribution in [1.29, 1.82) is 0 Å². The first-order chi connectivity index (χ1) is 8.36. The van der Waals surface area contributed by atoms with E-state index in [2.05, 4.69) is 47.6 Å². The number of nitrogens with one attached hydrogen (secondary N) is 1. The summed E-state index contributed by atoms with van der Waals surface area (Å²) in [5.41, 5.74) is 1.28. The van der Waals surface area contributed by atoms with Gasteiger partial charge in [0.2, 0.25) is 0 Å². The van der Waals surface area contributed by atoms with Gasteiger partial charge < -0.3 is 15.0 Å². The topological polar surface area (TPSA) is 24.5 Å². The molecular weight excluding hydrogens is 212 g/mol. The summed E-state index contributed by atoms with van der Waals surface area (Å²) in [5.74, 6) is 0. The molecule has 0 unspecified atom stereocenters. The molecule has 1 aromatic rings. The molecule has 0 aromatic heterocycles. The number of ether oxygens (including phenoxy) is 1. The largest absolute Gasteiger partial charge is 0.381 e. The van der Waals surface area contributed by atoms with Crippen molar-refractivity contribution in [2.24, 2.45) is 0 Å². The quantitative estimate of drug-likeness (QED) is 0.842. The van der Waals surface area contributed by atoms with E-state index in [1.54, 1.807) is 0 Å². The van der Waals surface area contributed by atoms with Gasteiger partial charge in [0.05, 0.1) is 0 Å². The van der Waals surface area contributed by atoms with Crippen LogP contribution in [0.2, 0.25) is 0 Å². The van der Waals surface area contributed by atoms with Crippen LogP contribution in [0.3, 0.4) is 0 Å². The van der Waals surface area contributed by atoms with Gasteiger partial charge in [0.1, 0.15) is 0 Å². The van der Waals surface area contributed by atoms with Crippen molar-refractivity contribution in [2.45, 2.75) is 18.9 Å². The zero-order valence-electron chi connectivity index (χ0n) is 10.6. The van der Waals surface area contributed by atoms with Gasteiger partial charge in [-0.25, -0.2) is 0 Å². The van der Waals surface area contributed by atoms with E-state index in [1.807, 2.05) is 0 Å². The van der Waals surface area contributed by atoms with Crippen molar-refractivity contribution in [3.63, 3.8) is 0 Å². The number of anilines is 1. The molecule has 0 amide bonds. The molecule has 0 saturated carbocycles. The molecule has 3 heteroatoms. The number of nitrogens with zero attached hydrogens (tertiary/aromatic N) is 1. The van der Waals surface area contributed by atoms with E-state index < -0.39 is 0 Å². The second-order valence-corrected chi connectivity index (χ2v) is 4.60. The fourth-order valence-electron chi connectivity index (χ4n) is 2.15. The molecule has 1 fully saturated rings. The first-order valence-electron chi connectivity index (χ1n) is 6.43. The van der Waals surface area contributed by atoms with Crippen LogP contribution in [0.15, 0.2) is 30.3 Å². The lowest BCUT2D eigenvalue weighted by Gasteiger charge is -2.25. The van der Waals surface area contributed by atoms with Gasteiger partial charge in [-0.1, -0.05) is 18.2 Å². The molecule has 0 spiro atoms. The zero-order chi connectivity index (χ0) is 11.9. The van der Waals surface area contributed by atoms with E-state index in [9.17, 15) is 0 Å². The SMILES string of the molecule is CN(CCNC1CCOCC1)c1ccccc1. The lowest BCUT2D eigenvalue weighted by molar-refractivity contribution is 0.0783. The molecule has 0 radical (unpaired) electrons. The smallest absolute Gasteiger partial charge is 0.0480 e. The minimum Gasteiger partial charge on any atom is -0.381 e. The number of hydrogen-bond donors (Lipinski definition) is 1. The van der Waals surface area contributed by atoms with E-state index in [0.717, 1.165) is 39.1 Å². The molecule has 3 nitrogen and oxygen atoms in total. The van der Waals surface area contributed by atoms with Crippen LogP contribution in [0, 0.1) is 0 Å². The maximum Gasteiger partial charge on any atom is 0.0480 e. The van der Waals surface area contributed by atoms with Crippen molar-refractivity contribution < 1.29 is 4.74 Å². The van der Waals surface area contributed by atoms with Crippen molar-refractivity contribution >= 4 is 5.69 Å². The molecule has 1 aliphatic heterocycles. The van der Waals surface area contributed by atoms with E-state index >= 15 is 0 Å². The number of para-hydroxylation sites is 1. The molecule has 0 aliphatic carbocycles. The lowest BCUT2D eigenvalue weighted by atomic mass is 10.1. The molecule has 94 valence electrons. The summed E-state index contributed by atoms with van der Waals surface area (Å²) in [6, 6.07) is 11.2. The number of hydrogen-bond acceptors (Lipinski definition) is 3. The molecule has 0 atom stereocenters. The summed E-state index contributed by atoms with van der Waals surface area (Å²) >= 11 is 0. The van der Waals surface area contributed by atoms with Gasteiger partial charge >= 0.3 is 0 Å². The minimum absolute atomic E-state index is 0.646. The van der Waals surface area contributed by atoms with Crippen LogP contribution in [0.4, 0.5) is 5.69 Å². The monoisotopic (exact) mass is 234 g/mol. The first kappa shape index (κ1) is 12.4. The Kier molecular flexibility index (Phi) is 4.83. The molecule has 2 rings (SSSR count). The van der Waals surface area contributed by atoms with Gasteiger partial charge in [0.25, 0.3) is 0 Å². The molecule has 1 N–H and O–H groups in total. The van der Waals surface area contributed by atoms with Crippen LogP contribution in [-0.4, -0.2) is 39.4 Å². The third-order valence-corrected chi connectivity index (χ3v) is 3.30. The van der Waals surface area contributed by atoms with Crippen molar-refractivity contribution in [2.75, 3.05) is 38.3 Å². The van der Waals surface area contributed by atoms with Gasteiger partial charge in [-0.2, -0.15) is 0 Å². The Bertz CT molecular complexity index is 309. The van der Waals surface area contributed by atoms with Crippen LogP contribution >= 0.6 is 0 Å². The van der Waals surface area contributed by atoms with Crippen LogP contribution in [-0.2, 0) is 4.74 Å². The molecular formula is C14H22N2O. The molecule has 17 heavy (non-hydrogen) atoms. The Morgan fingerprint density at radius 2 is 1.94 bits per heavy atom. The Morgan fingerprint density at radius 1 is 1.24 bits per heavy atom. The standard InChI is InChI=1S/C14H22N2O/c1-16(14-5-3-2-4-6-14)10-9-15-13-7-11-17-12-8-13/h2-6,13,15H,7-12H2,1H3. The predicted molar refractivity (Wildman–Crippen MR) is 71.6 cm³/mol. The van der Waals surface area contributed by atoms with E-state index in [-0.39, 0.29) is 0 Å². The average molecular weight is 234 g/mol. The van der Waals surface area contributed by atoms with Crippen LogP contribution in [0.5, 0.6) is 0 Å². The fourth-order valence-corrected chi connectivity index (χ4v) is 2.15. The second kappa shape index (κ2) is 6.62. The van der Waals surface area contributed by atoms with E-state index in [4.69, 9.17) is 4.74 Å². The van der Waals surface area contributed by atoms with Crippen molar-refractivity contribution in [3.8, 4) is 0 Å². The molecule has 0 bridgehead atoms. The third kappa shape index (κ3) is 4.02. The first-order valence-corrected chi connectivity index (χ1v) is 6.43. The fraction of sp³-hybridized carbons (Fsp3) is 0.571. The van der Waals surface area contributed by atoms with Gasteiger partial charge in [-0.3, -0.25) is 0 Å². The molecule has 1 aromatic carbocycles. The van der Waals surface area contributed by atoms with Crippen LogP contribution < -0.4 is 10.2 Å². The molecule has 1 aliphatic rings. The van der Waals surface area contributed by atoms with Gasteiger partial charge in [0, 0.05) is 45.1 Å². The lowest BCUT2D eigenvalue weighted by Crippen LogP contribution is -2.39. The zero-order valence-corrected chi connectivity index (χ0v) is 10.6. The minimum atomic E-state index is 0.646. The summed E-state index contributed by atoms with van der Waals surface area (Å²) in [7, 11) is 2.14. The maximum absolute atomic E-state index is 5.35. The average Bonchev–Trinajstić information content (AvgIpc) is 2.41. The number of likely N-dealkylation sites (N-methyl/N-ethyl adjacent to an activating group) is 1. The normalized spacial score (nSPS) is 17.0. The number of rotatable bonds is 5. The highest BCUT2D eigenvalue weighted by molar-refractivity contribution is 5.44. The predicted octanol–water partition coefficient (Wildman–Crippen LogP) is 1.89. The Labute approximate surface area is 104 Å². The Hall–Kier alpha value is -1.06. The highest BCUT2D eigenvalue weighted by atomic mass is 16.5. The second-order valence-electron chi connectivity index (χ2n) is 4.60. The van der Waals surface area contributed by atoms with Gasteiger partial charge in [-0.15, -0.1) is 0 Å². The third-order valence-electron chi connectivity index (χ3n) is 3.30. The van der Waals surface area contributed by atoms with Gasteiger partial charge in [0.15, 0.2) is 0 Å². The van der Waals surface area contributed by atoms with E-state index in [1.165, 1.54) is 5.69 Å². The summed E-state index contributed by atoms with van der Waals surface area (Å²) < 4.78 is 5.35. The van der Waals surface area contributed by atoms with Crippen molar-refractivity contribution in [1.82, 2.24) is 5.32 Å². The molecule has 1 heterocycles. The van der Waals surface area contributed by atoms with Crippen molar-refractivity contribution in [3.05, 3.63) is 30.3 Å². The summed E-state index contributed by atoms with van der Waals surface area (Å²) in [6.07, 6.45) is 2.30. The Morgan fingerprint density at radius 3 is 2.65 bits per heavy atom. The summed E-state index contributed by atoms with van der Waals surface area (Å²) in [6.45, 7) is 3.90. The Balaban J connectivity index is 1.67. The highest BCUT2D eigenvalue weighted by Gasteiger charge is 2.12. The van der Waals surface area contributed by atoms with Crippen LogP contribution in [0.25, 0.3) is 0 Å². The molecule has 1 saturated heterocycles. The summed E-state index contributed by atoms with van der Waals surface area (Å²) in [4.78, 5) is 2.28. The number of benzene rings is 1.